The second-order valence-corrected chi connectivity index (χ2v) is 5.48. The summed E-state index contributed by atoms with van der Waals surface area (Å²) in [7, 11) is 1.68. The molecule has 0 spiro atoms. The van der Waals surface area contributed by atoms with Gasteiger partial charge in [0.25, 0.3) is 0 Å². The normalized spacial score (nSPS) is 21.4. The van der Waals surface area contributed by atoms with Crippen LogP contribution in [-0.2, 0) is 22.7 Å². The Hall–Kier alpha value is -1.43. The maximum atomic E-state index is 12.2. The molecular formula is C16H25N3O2. The first kappa shape index (κ1) is 15.9. The summed E-state index contributed by atoms with van der Waals surface area (Å²) in [4.78, 5) is 12.2. The first-order chi connectivity index (χ1) is 10.2. The van der Waals surface area contributed by atoms with Gasteiger partial charge in [0.15, 0.2) is 0 Å². The first-order valence-electron chi connectivity index (χ1n) is 7.59. The van der Waals surface area contributed by atoms with Crippen molar-refractivity contribution in [2.45, 2.75) is 51.4 Å². The summed E-state index contributed by atoms with van der Waals surface area (Å²) in [5.74, 6) is 0.0494. The lowest BCUT2D eigenvalue weighted by atomic mass is 10.1. The van der Waals surface area contributed by atoms with E-state index >= 15 is 0 Å². The third-order valence-electron chi connectivity index (χ3n) is 3.81. The van der Waals surface area contributed by atoms with Gasteiger partial charge in [-0.25, -0.2) is 5.43 Å². The van der Waals surface area contributed by atoms with Gasteiger partial charge in [0.1, 0.15) is 6.04 Å². The Kier molecular flexibility index (Phi) is 6.17. The van der Waals surface area contributed by atoms with Crippen LogP contribution in [0.4, 0.5) is 0 Å². The van der Waals surface area contributed by atoms with Gasteiger partial charge in [-0.1, -0.05) is 37.6 Å². The molecule has 1 aliphatic rings. The fourth-order valence-corrected chi connectivity index (χ4v) is 2.66. The van der Waals surface area contributed by atoms with Gasteiger partial charge in [0, 0.05) is 19.7 Å². The highest BCUT2D eigenvalue weighted by Gasteiger charge is 2.28. The van der Waals surface area contributed by atoms with E-state index in [1.54, 1.807) is 7.11 Å². The number of amides is 1. The summed E-state index contributed by atoms with van der Waals surface area (Å²) in [6.45, 7) is 3.25. The van der Waals surface area contributed by atoms with Crippen molar-refractivity contribution in [2.75, 3.05) is 7.11 Å². The lowest BCUT2D eigenvalue weighted by molar-refractivity contribution is -0.123. The molecule has 1 fully saturated rings. The number of methoxy groups -OCH3 is 1. The predicted octanol–water partition coefficient (Wildman–Crippen LogP) is 1.48. The van der Waals surface area contributed by atoms with E-state index in [0.29, 0.717) is 19.2 Å². The standard InChI is InChI=1S/C16H25N3O2/c1-3-6-14-9-15(19-18-14)16(20)17-10-12-7-4-5-8-13(12)11-21-2/h4-5,7-8,14-15,18-19H,3,6,9-11H2,1-2H3,(H,17,20). The molecule has 2 rings (SSSR count). The lowest BCUT2D eigenvalue weighted by Gasteiger charge is -2.13. The highest BCUT2D eigenvalue weighted by Crippen LogP contribution is 2.12. The smallest absolute Gasteiger partial charge is 0.238 e. The first-order valence-corrected chi connectivity index (χ1v) is 7.59. The van der Waals surface area contributed by atoms with Crippen LogP contribution in [0.2, 0.25) is 0 Å². The molecule has 0 aliphatic carbocycles. The minimum Gasteiger partial charge on any atom is -0.380 e. The number of benzene rings is 1. The topological polar surface area (TPSA) is 62.4 Å². The quantitative estimate of drug-likeness (QED) is 0.712. The number of carbonyl (C=O) groups is 1. The zero-order valence-corrected chi connectivity index (χ0v) is 12.8. The SMILES string of the molecule is CCCC1CC(C(=O)NCc2ccccc2COC)NN1. The Balaban J connectivity index is 1.84. The average Bonchev–Trinajstić information content (AvgIpc) is 2.95. The molecular weight excluding hydrogens is 266 g/mol. The van der Waals surface area contributed by atoms with Gasteiger partial charge in [0.05, 0.1) is 6.61 Å². The Labute approximate surface area is 126 Å². The molecule has 1 heterocycles. The molecule has 0 bridgehead atoms. The van der Waals surface area contributed by atoms with Crippen LogP contribution in [-0.4, -0.2) is 25.1 Å². The molecule has 1 aromatic carbocycles. The van der Waals surface area contributed by atoms with Gasteiger partial charge < -0.3 is 10.1 Å². The van der Waals surface area contributed by atoms with Crippen molar-refractivity contribution in [1.29, 1.82) is 0 Å². The third-order valence-corrected chi connectivity index (χ3v) is 3.81. The van der Waals surface area contributed by atoms with Crippen LogP contribution in [0.25, 0.3) is 0 Å². The Morgan fingerprint density at radius 2 is 2.10 bits per heavy atom. The molecule has 2 unspecified atom stereocenters. The summed E-state index contributed by atoms with van der Waals surface area (Å²) in [5.41, 5.74) is 8.48. The summed E-state index contributed by atoms with van der Waals surface area (Å²) < 4.78 is 5.18. The number of hydrazine groups is 1. The molecule has 0 saturated carbocycles. The van der Waals surface area contributed by atoms with Crippen molar-refractivity contribution in [2.24, 2.45) is 0 Å². The number of hydrogen-bond donors (Lipinski definition) is 3. The van der Waals surface area contributed by atoms with E-state index in [4.69, 9.17) is 4.74 Å². The molecule has 0 radical (unpaired) electrons. The molecule has 1 amide bonds. The number of nitrogens with one attached hydrogen (secondary N) is 3. The van der Waals surface area contributed by atoms with E-state index in [1.165, 1.54) is 0 Å². The van der Waals surface area contributed by atoms with Gasteiger partial charge in [-0.05, 0) is 24.0 Å². The molecule has 0 aromatic heterocycles. The van der Waals surface area contributed by atoms with Crippen LogP contribution in [0.1, 0.15) is 37.3 Å². The van der Waals surface area contributed by atoms with Crippen LogP contribution in [0.3, 0.4) is 0 Å². The number of carbonyl (C=O) groups excluding carboxylic acids is 1. The van der Waals surface area contributed by atoms with Crippen LogP contribution >= 0.6 is 0 Å². The van der Waals surface area contributed by atoms with Crippen molar-refractivity contribution >= 4 is 5.91 Å². The molecule has 5 nitrogen and oxygen atoms in total. The van der Waals surface area contributed by atoms with Crippen molar-refractivity contribution in [3.05, 3.63) is 35.4 Å². The Morgan fingerprint density at radius 1 is 1.33 bits per heavy atom. The summed E-state index contributed by atoms with van der Waals surface area (Å²) in [6, 6.07) is 8.26. The van der Waals surface area contributed by atoms with Crippen LogP contribution in [0.5, 0.6) is 0 Å². The van der Waals surface area contributed by atoms with Crippen LogP contribution in [0.15, 0.2) is 24.3 Å². The van der Waals surface area contributed by atoms with Crippen molar-refractivity contribution in [3.63, 3.8) is 0 Å². The Bertz CT molecular complexity index is 465. The largest absolute Gasteiger partial charge is 0.380 e. The number of ether oxygens (including phenoxy) is 1. The van der Waals surface area contributed by atoms with E-state index < -0.39 is 0 Å². The fraction of sp³-hybridized carbons (Fsp3) is 0.562. The number of rotatable bonds is 7. The van der Waals surface area contributed by atoms with Gasteiger partial charge >= 0.3 is 0 Å². The average molecular weight is 291 g/mol. The summed E-state index contributed by atoms with van der Waals surface area (Å²) in [5, 5.41) is 3.01. The molecule has 3 N–H and O–H groups in total. The van der Waals surface area contributed by atoms with Gasteiger partial charge in [-0.2, -0.15) is 0 Å². The predicted molar refractivity (Wildman–Crippen MR) is 82.4 cm³/mol. The summed E-state index contributed by atoms with van der Waals surface area (Å²) >= 11 is 0. The van der Waals surface area contributed by atoms with Crippen molar-refractivity contribution < 1.29 is 9.53 Å². The lowest BCUT2D eigenvalue weighted by Crippen LogP contribution is -2.43. The van der Waals surface area contributed by atoms with Crippen molar-refractivity contribution in [1.82, 2.24) is 16.2 Å². The van der Waals surface area contributed by atoms with E-state index in [-0.39, 0.29) is 11.9 Å². The van der Waals surface area contributed by atoms with Gasteiger partial charge in [0.2, 0.25) is 5.91 Å². The minimum absolute atomic E-state index is 0.0494. The highest BCUT2D eigenvalue weighted by molar-refractivity contribution is 5.82. The van der Waals surface area contributed by atoms with E-state index in [2.05, 4.69) is 23.1 Å². The van der Waals surface area contributed by atoms with Gasteiger partial charge in [-0.15, -0.1) is 0 Å². The molecule has 1 aromatic rings. The van der Waals surface area contributed by atoms with Crippen molar-refractivity contribution in [3.8, 4) is 0 Å². The maximum Gasteiger partial charge on any atom is 0.238 e. The third kappa shape index (κ3) is 4.52. The zero-order chi connectivity index (χ0) is 15.1. The fourth-order valence-electron chi connectivity index (χ4n) is 2.66. The van der Waals surface area contributed by atoms with E-state index in [0.717, 1.165) is 30.4 Å². The molecule has 2 atom stereocenters. The second-order valence-electron chi connectivity index (χ2n) is 5.48. The number of hydrogen-bond acceptors (Lipinski definition) is 4. The minimum atomic E-state index is -0.142. The molecule has 116 valence electrons. The van der Waals surface area contributed by atoms with Crippen LogP contribution < -0.4 is 16.2 Å². The maximum absolute atomic E-state index is 12.2. The monoisotopic (exact) mass is 291 g/mol. The molecule has 1 aliphatic heterocycles. The van der Waals surface area contributed by atoms with Gasteiger partial charge in [-0.3, -0.25) is 10.2 Å². The van der Waals surface area contributed by atoms with E-state index in [9.17, 15) is 4.79 Å². The molecule has 5 heteroatoms. The summed E-state index contributed by atoms with van der Waals surface area (Å²) in [6.07, 6.45) is 3.06. The highest BCUT2D eigenvalue weighted by atomic mass is 16.5. The van der Waals surface area contributed by atoms with E-state index in [1.807, 2.05) is 24.3 Å². The molecule has 1 saturated heterocycles. The zero-order valence-electron chi connectivity index (χ0n) is 12.8. The second kappa shape index (κ2) is 8.12. The molecule has 21 heavy (non-hydrogen) atoms. The van der Waals surface area contributed by atoms with Crippen LogP contribution in [0, 0.1) is 0 Å². The Morgan fingerprint density at radius 3 is 2.81 bits per heavy atom.